The highest BCUT2D eigenvalue weighted by Gasteiger charge is 2.33. The lowest BCUT2D eigenvalue weighted by Crippen LogP contribution is -2.34. The van der Waals surface area contributed by atoms with Gasteiger partial charge in [-0.3, -0.25) is 0 Å². The molecule has 2 aliphatic rings. The molecular weight excluding hydrogens is 202 g/mol. The summed E-state index contributed by atoms with van der Waals surface area (Å²) in [5.74, 6) is 0. The van der Waals surface area contributed by atoms with Crippen LogP contribution in [0.15, 0.2) is 0 Å². The van der Waals surface area contributed by atoms with E-state index in [1.165, 1.54) is 12.8 Å². The van der Waals surface area contributed by atoms with Crippen LogP contribution in [0.4, 0.5) is 4.79 Å². The van der Waals surface area contributed by atoms with E-state index in [-0.39, 0.29) is 6.03 Å². The van der Waals surface area contributed by atoms with Crippen molar-refractivity contribution in [3.8, 4) is 0 Å². The Balaban J connectivity index is 1.79. The van der Waals surface area contributed by atoms with E-state index in [0.29, 0.717) is 12.1 Å². The predicted octanol–water partition coefficient (Wildman–Crippen LogP) is 1.27. The molecule has 2 rings (SSSR count). The van der Waals surface area contributed by atoms with E-state index >= 15 is 0 Å². The molecule has 1 N–H and O–H groups in total. The molecule has 92 valence electrons. The summed E-state index contributed by atoms with van der Waals surface area (Å²) < 4.78 is 0. The molecule has 2 aliphatic heterocycles. The van der Waals surface area contributed by atoms with Crippen molar-refractivity contribution in [2.24, 2.45) is 0 Å². The Hall–Kier alpha value is -0.770. The van der Waals surface area contributed by atoms with Crippen LogP contribution in [0.5, 0.6) is 0 Å². The molecule has 2 unspecified atom stereocenters. The molecule has 0 bridgehead atoms. The maximum Gasteiger partial charge on any atom is 0.320 e. The molecule has 2 saturated heterocycles. The lowest BCUT2D eigenvalue weighted by atomic mass is 10.1. The Bertz CT molecular complexity index is 251. The first kappa shape index (κ1) is 11.7. The van der Waals surface area contributed by atoms with Crippen LogP contribution in [0.3, 0.4) is 0 Å². The number of carbonyl (C=O) groups is 1. The quantitative estimate of drug-likeness (QED) is 0.782. The van der Waals surface area contributed by atoms with E-state index in [2.05, 4.69) is 12.2 Å². The Kier molecular flexibility index (Phi) is 3.69. The first-order chi connectivity index (χ1) is 7.72. The molecule has 2 amide bonds. The van der Waals surface area contributed by atoms with Gasteiger partial charge in [0.2, 0.25) is 0 Å². The van der Waals surface area contributed by atoms with E-state index < -0.39 is 0 Å². The SMILES string of the molecule is CCC1CN(CCC2CCCN2)C(=O)N1C. The third-order valence-electron chi connectivity index (χ3n) is 3.93. The van der Waals surface area contributed by atoms with Gasteiger partial charge in [0.25, 0.3) is 0 Å². The molecule has 4 nitrogen and oxygen atoms in total. The van der Waals surface area contributed by atoms with E-state index in [1.807, 2.05) is 16.8 Å². The summed E-state index contributed by atoms with van der Waals surface area (Å²) in [4.78, 5) is 15.8. The molecule has 0 spiro atoms. The molecule has 16 heavy (non-hydrogen) atoms. The number of carbonyl (C=O) groups excluding carboxylic acids is 1. The van der Waals surface area contributed by atoms with Crippen molar-refractivity contribution in [2.45, 2.75) is 44.7 Å². The van der Waals surface area contributed by atoms with Gasteiger partial charge in [-0.25, -0.2) is 4.79 Å². The second kappa shape index (κ2) is 5.04. The van der Waals surface area contributed by atoms with Crippen molar-refractivity contribution in [3.63, 3.8) is 0 Å². The zero-order valence-corrected chi connectivity index (χ0v) is 10.4. The average molecular weight is 225 g/mol. The van der Waals surface area contributed by atoms with Gasteiger partial charge in [0.15, 0.2) is 0 Å². The van der Waals surface area contributed by atoms with Crippen molar-refractivity contribution < 1.29 is 4.79 Å². The monoisotopic (exact) mass is 225 g/mol. The minimum atomic E-state index is 0.213. The second-order valence-corrected chi connectivity index (χ2v) is 4.98. The molecule has 0 radical (unpaired) electrons. The highest BCUT2D eigenvalue weighted by Crippen LogP contribution is 2.18. The third kappa shape index (κ3) is 2.32. The lowest BCUT2D eigenvalue weighted by molar-refractivity contribution is 0.194. The lowest BCUT2D eigenvalue weighted by Gasteiger charge is -2.18. The van der Waals surface area contributed by atoms with E-state index in [4.69, 9.17) is 0 Å². The number of nitrogens with one attached hydrogen (secondary N) is 1. The Morgan fingerprint density at radius 2 is 2.31 bits per heavy atom. The fraction of sp³-hybridized carbons (Fsp3) is 0.917. The molecule has 2 atom stereocenters. The van der Waals surface area contributed by atoms with Crippen LogP contribution in [0.1, 0.15) is 32.6 Å². The largest absolute Gasteiger partial charge is 0.323 e. The number of nitrogens with zero attached hydrogens (tertiary/aromatic N) is 2. The smallest absolute Gasteiger partial charge is 0.320 e. The standard InChI is InChI=1S/C12H23N3O/c1-3-11-9-15(12(16)14(11)2)8-6-10-5-4-7-13-10/h10-11,13H,3-9H2,1-2H3. The van der Waals surface area contributed by atoms with Gasteiger partial charge in [-0.05, 0) is 32.2 Å². The van der Waals surface area contributed by atoms with Gasteiger partial charge in [0.05, 0.1) is 6.04 Å². The predicted molar refractivity (Wildman–Crippen MR) is 64.5 cm³/mol. The first-order valence-corrected chi connectivity index (χ1v) is 6.47. The second-order valence-electron chi connectivity index (χ2n) is 4.98. The highest BCUT2D eigenvalue weighted by atomic mass is 16.2. The van der Waals surface area contributed by atoms with Crippen LogP contribution in [-0.4, -0.2) is 54.6 Å². The number of hydrogen-bond acceptors (Lipinski definition) is 2. The summed E-state index contributed by atoms with van der Waals surface area (Å²) in [7, 11) is 1.92. The number of urea groups is 1. The van der Waals surface area contributed by atoms with Crippen molar-refractivity contribution >= 4 is 6.03 Å². The molecule has 0 aromatic rings. The number of rotatable bonds is 4. The van der Waals surface area contributed by atoms with E-state index in [1.54, 1.807) is 0 Å². The zero-order valence-electron chi connectivity index (χ0n) is 10.4. The molecule has 4 heteroatoms. The van der Waals surface area contributed by atoms with Gasteiger partial charge < -0.3 is 15.1 Å². The van der Waals surface area contributed by atoms with Crippen LogP contribution in [-0.2, 0) is 0 Å². The summed E-state index contributed by atoms with van der Waals surface area (Å²) in [6, 6.07) is 1.27. The molecule has 0 aromatic carbocycles. The first-order valence-electron chi connectivity index (χ1n) is 6.47. The molecule has 2 heterocycles. The van der Waals surface area contributed by atoms with Crippen molar-refractivity contribution in [2.75, 3.05) is 26.7 Å². The van der Waals surface area contributed by atoms with E-state index in [9.17, 15) is 4.79 Å². The van der Waals surface area contributed by atoms with Crippen molar-refractivity contribution in [3.05, 3.63) is 0 Å². The average Bonchev–Trinajstić information content (AvgIpc) is 2.88. The Morgan fingerprint density at radius 1 is 1.50 bits per heavy atom. The van der Waals surface area contributed by atoms with E-state index in [0.717, 1.165) is 32.5 Å². The van der Waals surface area contributed by atoms with Gasteiger partial charge in [-0.1, -0.05) is 6.92 Å². The van der Waals surface area contributed by atoms with Gasteiger partial charge in [-0.2, -0.15) is 0 Å². The fourth-order valence-corrected chi connectivity index (χ4v) is 2.74. The van der Waals surface area contributed by atoms with Crippen molar-refractivity contribution in [1.82, 2.24) is 15.1 Å². The number of amides is 2. The van der Waals surface area contributed by atoms with Gasteiger partial charge in [-0.15, -0.1) is 0 Å². The molecule has 0 aliphatic carbocycles. The van der Waals surface area contributed by atoms with Gasteiger partial charge in [0, 0.05) is 26.2 Å². The summed E-state index contributed by atoms with van der Waals surface area (Å²) in [5.41, 5.74) is 0. The minimum absolute atomic E-state index is 0.213. The Morgan fingerprint density at radius 3 is 2.88 bits per heavy atom. The van der Waals surface area contributed by atoms with Crippen LogP contribution >= 0.6 is 0 Å². The summed E-state index contributed by atoms with van der Waals surface area (Å²) in [6.45, 7) is 5.13. The maximum absolute atomic E-state index is 11.9. The van der Waals surface area contributed by atoms with Crippen LogP contribution in [0.25, 0.3) is 0 Å². The van der Waals surface area contributed by atoms with Gasteiger partial charge in [0.1, 0.15) is 0 Å². The summed E-state index contributed by atoms with van der Waals surface area (Å²) in [6.07, 6.45) is 4.72. The zero-order chi connectivity index (χ0) is 11.5. The Labute approximate surface area is 98.0 Å². The van der Waals surface area contributed by atoms with Gasteiger partial charge >= 0.3 is 6.03 Å². The topological polar surface area (TPSA) is 35.6 Å². The molecule has 2 fully saturated rings. The number of likely N-dealkylation sites (N-methyl/N-ethyl adjacent to an activating group) is 1. The number of hydrogen-bond donors (Lipinski definition) is 1. The summed E-state index contributed by atoms with van der Waals surface area (Å²) in [5, 5.41) is 3.48. The third-order valence-corrected chi connectivity index (χ3v) is 3.93. The maximum atomic E-state index is 11.9. The molecule has 0 aromatic heterocycles. The van der Waals surface area contributed by atoms with Crippen LogP contribution < -0.4 is 5.32 Å². The van der Waals surface area contributed by atoms with Crippen LogP contribution in [0, 0.1) is 0 Å². The minimum Gasteiger partial charge on any atom is -0.323 e. The fourth-order valence-electron chi connectivity index (χ4n) is 2.74. The summed E-state index contributed by atoms with van der Waals surface area (Å²) >= 11 is 0. The molecular formula is C12H23N3O. The van der Waals surface area contributed by atoms with Crippen LogP contribution in [0.2, 0.25) is 0 Å². The highest BCUT2D eigenvalue weighted by molar-refractivity contribution is 5.76. The van der Waals surface area contributed by atoms with Crippen molar-refractivity contribution in [1.29, 1.82) is 0 Å². The normalized spacial score (nSPS) is 30.5. The molecule has 0 saturated carbocycles.